The van der Waals surface area contributed by atoms with E-state index >= 15 is 0 Å². The molecule has 8 nitrogen and oxygen atoms in total. The van der Waals surface area contributed by atoms with Gasteiger partial charge < -0.3 is 24.6 Å². The van der Waals surface area contributed by atoms with Crippen molar-refractivity contribution in [2.75, 3.05) is 52.4 Å². The van der Waals surface area contributed by atoms with Gasteiger partial charge in [-0.1, -0.05) is 6.92 Å². The van der Waals surface area contributed by atoms with Crippen LogP contribution in [0.25, 0.3) is 0 Å². The van der Waals surface area contributed by atoms with E-state index in [-0.39, 0.29) is 17.8 Å². The number of carbonyl (C=O) groups excluding carboxylic acids is 2. The molecule has 0 aromatic heterocycles. The Morgan fingerprint density at radius 1 is 0.800 bits per heavy atom. The second-order valence-corrected chi connectivity index (χ2v) is 9.98. The Kier molecular flexibility index (Phi) is 10.4. The van der Waals surface area contributed by atoms with Crippen LogP contribution in [0.4, 0.5) is 9.59 Å². The summed E-state index contributed by atoms with van der Waals surface area (Å²) < 4.78 is 10.6. The third-order valence-electron chi connectivity index (χ3n) is 4.95. The lowest BCUT2D eigenvalue weighted by Crippen LogP contribution is -2.52. The summed E-state index contributed by atoms with van der Waals surface area (Å²) in [5.74, 6) is 0. The highest BCUT2D eigenvalue weighted by Crippen LogP contribution is 2.14. The van der Waals surface area contributed by atoms with Gasteiger partial charge in [-0.05, 0) is 54.9 Å². The molecule has 0 aromatic rings. The van der Waals surface area contributed by atoms with E-state index in [0.29, 0.717) is 6.04 Å². The van der Waals surface area contributed by atoms with Crippen molar-refractivity contribution in [3.8, 4) is 0 Å². The minimum absolute atomic E-state index is 0.179. The summed E-state index contributed by atoms with van der Waals surface area (Å²) in [6.45, 7) is 22.5. The molecular formula is C22H44N4O4. The Bertz CT molecular complexity index is 528. The van der Waals surface area contributed by atoms with Crippen LogP contribution in [-0.4, -0.2) is 96.5 Å². The molecular weight excluding hydrogens is 384 g/mol. The third kappa shape index (κ3) is 10.5. The van der Waals surface area contributed by atoms with Gasteiger partial charge in [0.05, 0.1) is 0 Å². The van der Waals surface area contributed by atoms with Crippen LogP contribution < -0.4 is 5.32 Å². The molecule has 2 heterocycles. The molecule has 0 saturated carbocycles. The maximum Gasteiger partial charge on any atom is 0.410 e. The van der Waals surface area contributed by atoms with Crippen LogP contribution in [0.5, 0.6) is 0 Å². The second-order valence-electron chi connectivity index (χ2n) is 9.98. The molecule has 0 bridgehead atoms. The molecule has 0 radical (unpaired) electrons. The number of hydrogen-bond donors (Lipinski definition) is 1. The monoisotopic (exact) mass is 428 g/mol. The minimum Gasteiger partial charge on any atom is -0.444 e. The molecule has 176 valence electrons. The number of carbonyl (C=O) groups is 2. The number of nitrogens with one attached hydrogen (secondary N) is 1. The SMILES string of the molecule is CC(C)(C)OC(=O)N1CCNCC1.CCC(C)N1CCN(C(=O)OC(C)(C)C)CC1. The van der Waals surface area contributed by atoms with Crippen molar-refractivity contribution < 1.29 is 19.1 Å². The second kappa shape index (κ2) is 11.7. The first-order chi connectivity index (χ1) is 13.8. The van der Waals surface area contributed by atoms with E-state index in [4.69, 9.17) is 9.47 Å². The summed E-state index contributed by atoms with van der Waals surface area (Å²) in [5, 5.41) is 3.18. The number of ether oxygens (including phenoxy) is 2. The van der Waals surface area contributed by atoms with E-state index in [9.17, 15) is 9.59 Å². The zero-order valence-electron chi connectivity index (χ0n) is 20.4. The maximum absolute atomic E-state index is 11.8. The lowest BCUT2D eigenvalue weighted by Gasteiger charge is -2.38. The van der Waals surface area contributed by atoms with Gasteiger partial charge in [-0.15, -0.1) is 0 Å². The molecule has 1 unspecified atom stereocenters. The van der Waals surface area contributed by atoms with Crippen molar-refractivity contribution in [2.45, 2.75) is 79.1 Å². The summed E-state index contributed by atoms with van der Waals surface area (Å²) in [6.07, 6.45) is 0.780. The van der Waals surface area contributed by atoms with Gasteiger partial charge in [0.1, 0.15) is 11.2 Å². The van der Waals surface area contributed by atoms with Crippen LogP contribution >= 0.6 is 0 Å². The van der Waals surface area contributed by atoms with E-state index in [0.717, 1.165) is 58.8 Å². The van der Waals surface area contributed by atoms with E-state index in [1.54, 1.807) is 4.90 Å². The van der Waals surface area contributed by atoms with Gasteiger partial charge in [-0.25, -0.2) is 9.59 Å². The normalized spacial score (nSPS) is 19.5. The van der Waals surface area contributed by atoms with Gasteiger partial charge >= 0.3 is 12.2 Å². The van der Waals surface area contributed by atoms with Gasteiger partial charge in [0.2, 0.25) is 0 Å². The predicted molar refractivity (Wildman–Crippen MR) is 120 cm³/mol. The number of nitrogens with zero attached hydrogens (tertiary/aromatic N) is 3. The molecule has 1 atom stereocenters. The summed E-state index contributed by atoms with van der Waals surface area (Å²) in [6, 6.07) is 0.607. The summed E-state index contributed by atoms with van der Waals surface area (Å²) in [7, 11) is 0. The van der Waals surface area contributed by atoms with Gasteiger partial charge in [0.15, 0.2) is 0 Å². The fraction of sp³-hybridized carbons (Fsp3) is 0.909. The summed E-state index contributed by atoms with van der Waals surface area (Å²) in [5.41, 5.74) is -0.785. The molecule has 1 N–H and O–H groups in total. The van der Waals surface area contributed by atoms with Crippen molar-refractivity contribution in [3.63, 3.8) is 0 Å². The minimum atomic E-state index is -0.398. The highest BCUT2D eigenvalue weighted by molar-refractivity contribution is 5.68. The first-order valence-electron chi connectivity index (χ1n) is 11.2. The van der Waals surface area contributed by atoms with E-state index in [1.165, 1.54) is 0 Å². The van der Waals surface area contributed by atoms with Crippen LogP contribution in [0.3, 0.4) is 0 Å². The molecule has 8 heteroatoms. The van der Waals surface area contributed by atoms with Crippen molar-refractivity contribution in [3.05, 3.63) is 0 Å². The molecule has 0 aliphatic carbocycles. The Morgan fingerprint density at radius 2 is 1.20 bits per heavy atom. The molecule has 2 saturated heterocycles. The fourth-order valence-corrected chi connectivity index (χ4v) is 3.10. The van der Waals surface area contributed by atoms with Crippen LogP contribution in [-0.2, 0) is 9.47 Å². The van der Waals surface area contributed by atoms with E-state index in [2.05, 4.69) is 24.1 Å². The number of piperazine rings is 2. The van der Waals surface area contributed by atoms with Crippen molar-refractivity contribution >= 4 is 12.2 Å². The van der Waals surface area contributed by atoms with Gasteiger partial charge in [-0.2, -0.15) is 0 Å². The summed E-state index contributed by atoms with van der Waals surface area (Å²) in [4.78, 5) is 29.3. The topological polar surface area (TPSA) is 74.4 Å². The lowest BCUT2D eigenvalue weighted by molar-refractivity contribution is 0.0109. The maximum atomic E-state index is 11.8. The van der Waals surface area contributed by atoms with Crippen LogP contribution in [0.1, 0.15) is 61.8 Å². The Morgan fingerprint density at radius 3 is 1.57 bits per heavy atom. The molecule has 2 amide bonds. The average molecular weight is 429 g/mol. The lowest BCUT2D eigenvalue weighted by atomic mass is 10.2. The van der Waals surface area contributed by atoms with Crippen molar-refractivity contribution in [2.24, 2.45) is 0 Å². The highest BCUT2D eigenvalue weighted by Gasteiger charge is 2.27. The van der Waals surface area contributed by atoms with Crippen molar-refractivity contribution in [1.29, 1.82) is 0 Å². The Labute approximate surface area is 183 Å². The zero-order valence-corrected chi connectivity index (χ0v) is 20.4. The van der Waals surface area contributed by atoms with Gasteiger partial charge in [-0.3, -0.25) is 4.90 Å². The Balaban J connectivity index is 0.000000311. The predicted octanol–water partition coefficient (Wildman–Crippen LogP) is 3.16. The standard InChI is InChI=1S/C13H26N2O2.C9H18N2O2/c1-6-11(2)14-7-9-15(10-8-14)12(16)17-13(3,4)5;1-9(2,3)13-8(12)11-6-4-10-5-7-11/h11H,6-10H2,1-5H3;10H,4-7H2,1-3H3. The highest BCUT2D eigenvalue weighted by atomic mass is 16.6. The van der Waals surface area contributed by atoms with Crippen molar-refractivity contribution in [1.82, 2.24) is 20.0 Å². The smallest absolute Gasteiger partial charge is 0.410 e. The van der Waals surface area contributed by atoms with Crippen LogP contribution in [0.15, 0.2) is 0 Å². The summed E-state index contributed by atoms with van der Waals surface area (Å²) >= 11 is 0. The zero-order chi connectivity index (χ0) is 22.9. The molecule has 2 rings (SSSR count). The Hall–Kier alpha value is -1.54. The molecule has 0 aromatic carbocycles. The first-order valence-corrected chi connectivity index (χ1v) is 11.2. The molecule has 2 aliphatic rings. The van der Waals surface area contributed by atoms with Gasteiger partial charge in [0, 0.05) is 58.4 Å². The van der Waals surface area contributed by atoms with Crippen LogP contribution in [0.2, 0.25) is 0 Å². The quantitative estimate of drug-likeness (QED) is 0.728. The van der Waals surface area contributed by atoms with Crippen LogP contribution in [0, 0.1) is 0 Å². The number of hydrogen-bond acceptors (Lipinski definition) is 6. The largest absolute Gasteiger partial charge is 0.444 e. The fourth-order valence-electron chi connectivity index (χ4n) is 3.10. The van der Waals surface area contributed by atoms with Gasteiger partial charge in [0.25, 0.3) is 0 Å². The molecule has 2 aliphatic heterocycles. The molecule has 0 spiro atoms. The van der Waals surface area contributed by atoms with E-state index < -0.39 is 5.60 Å². The average Bonchev–Trinajstić information content (AvgIpc) is 2.66. The molecule has 30 heavy (non-hydrogen) atoms. The third-order valence-corrected chi connectivity index (χ3v) is 4.95. The van der Waals surface area contributed by atoms with E-state index in [1.807, 2.05) is 46.4 Å². The molecule has 2 fully saturated rings. The number of amides is 2. The number of rotatable bonds is 2. The first kappa shape index (κ1) is 26.5.